The first-order valence-electron chi connectivity index (χ1n) is 7.55. The van der Waals surface area contributed by atoms with Gasteiger partial charge in [0.25, 0.3) is 0 Å². The first-order chi connectivity index (χ1) is 11.3. The van der Waals surface area contributed by atoms with Crippen molar-refractivity contribution < 1.29 is 19.1 Å². The highest BCUT2D eigenvalue weighted by Gasteiger charge is 2.28. The fourth-order valence-corrected chi connectivity index (χ4v) is 2.56. The second kappa shape index (κ2) is 7.49. The van der Waals surface area contributed by atoms with Crippen molar-refractivity contribution in [2.75, 3.05) is 56.3 Å². The number of hydrogen-bond acceptors (Lipinski definition) is 9. The van der Waals surface area contributed by atoms with Crippen LogP contribution in [0.5, 0.6) is 0 Å². The number of ether oxygens (including phenoxy) is 3. The van der Waals surface area contributed by atoms with E-state index in [4.69, 9.17) is 14.2 Å². The molecule has 0 unspecified atom stereocenters. The van der Waals surface area contributed by atoms with Crippen molar-refractivity contribution in [2.45, 2.75) is 12.7 Å². The van der Waals surface area contributed by atoms with Crippen LogP contribution in [0.2, 0.25) is 0 Å². The summed E-state index contributed by atoms with van der Waals surface area (Å²) in [7, 11) is 0. The largest absolute Gasteiger partial charge is 0.378 e. The molecule has 0 bridgehead atoms. The molecule has 0 aliphatic carbocycles. The normalized spacial score (nSPS) is 19.0. The van der Waals surface area contributed by atoms with Gasteiger partial charge in [-0.25, -0.2) is 9.97 Å². The van der Waals surface area contributed by atoms with Crippen LogP contribution in [0.4, 0.5) is 17.3 Å². The number of aromatic nitrogens is 2. The Morgan fingerprint density at radius 3 is 2.70 bits per heavy atom. The van der Waals surface area contributed by atoms with Crippen LogP contribution in [0.25, 0.3) is 0 Å². The average molecular weight is 325 g/mol. The van der Waals surface area contributed by atoms with Gasteiger partial charge in [0.2, 0.25) is 11.6 Å². The maximum Gasteiger partial charge on any atom is 0.353 e. The average Bonchev–Trinajstić information content (AvgIpc) is 3.08. The van der Waals surface area contributed by atoms with E-state index >= 15 is 0 Å². The molecule has 1 aromatic rings. The Labute approximate surface area is 132 Å². The molecule has 2 aliphatic rings. The number of rotatable bonds is 6. The van der Waals surface area contributed by atoms with Crippen LogP contribution in [-0.2, 0) is 14.2 Å². The smallest absolute Gasteiger partial charge is 0.353 e. The minimum Gasteiger partial charge on any atom is -0.378 e. The number of hydrogen-bond donors (Lipinski definition) is 1. The van der Waals surface area contributed by atoms with Crippen LogP contribution in [0.15, 0.2) is 6.33 Å². The standard InChI is InChI=1S/C13H19N5O5/c19-18(20)11-12(14-2-1-10-22-7-8-23-10)15-9-16-13(11)17-3-5-21-6-4-17/h9-10H,1-8H2,(H,14,15,16). The Morgan fingerprint density at radius 2 is 2.00 bits per heavy atom. The highest BCUT2D eigenvalue weighted by atomic mass is 16.7. The van der Waals surface area contributed by atoms with E-state index in [-0.39, 0.29) is 17.8 Å². The summed E-state index contributed by atoms with van der Waals surface area (Å²) < 4.78 is 15.9. The SMILES string of the molecule is O=[N+]([O-])c1c(NCCC2OCCO2)ncnc1N1CCOCC1. The lowest BCUT2D eigenvalue weighted by Crippen LogP contribution is -2.37. The van der Waals surface area contributed by atoms with Crippen LogP contribution >= 0.6 is 0 Å². The molecule has 126 valence electrons. The second-order valence-corrected chi connectivity index (χ2v) is 5.14. The van der Waals surface area contributed by atoms with Crippen LogP contribution in [0.3, 0.4) is 0 Å². The molecule has 3 heterocycles. The highest BCUT2D eigenvalue weighted by molar-refractivity contribution is 5.70. The van der Waals surface area contributed by atoms with Crippen LogP contribution in [0, 0.1) is 10.1 Å². The number of morpholine rings is 1. The van der Waals surface area contributed by atoms with Crippen molar-refractivity contribution in [3.63, 3.8) is 0 Å². The van der Waals surface area contributed by atoms with E-state index in [1.165, 1.54) is 6.33 Å². The number of nitrogens with zero attached hydrogens (tertiary/aromatic N) is 4. The predicted octanol–water partition coefficient (Wildman–Crippen LogP) is 0.396. The summed E-state index contributed by atoms with van der Waals surface area (Å²) in [6.45, 7) is 3.83. The molecule has 0 atom stereocenters. The lowest BCUT2D eigenvalue weighted by molar-refractivity contribution is -0.383. The molecule has 0 saturated carbocycles. The maximum atomic E-state index is 11.5. The van der Waals surface area contributed by atoms with Crippen LogP contribution in [-0.4, -0.2) is 67.2 Å². The van der Waals surface area contributed by atoms with Crippen molar-refractivity contribution in [2.24, 2.45) is 0 Å². The Bertz CT molecular complexity index is 546. The Balaban J connectivity index is 1.71. The topological polar surface area (TPSA) is 112 Å². The van der Waals surface area contributed by atoms with Crippen molar-refractivity contribution >= 4 is 17.3 Å². The molecule has 2 aliphatic heterocycles. The summed E-state index contributed by atoms with van der Waals surface area (Å²) in [5.41, 5.74) is -0.109. The van der Waals surface area contributed by atoms with E-state index < -0.39 is 4.92 Å². The van der Waals surface area contributed by atoms with E-state index in [0.29, 0.717) is 58.3 Å². The molecule has 0 radical (unpaired) electrons. The van der Waals surface area contributed by atoms with Gasteiger partial charge in [-0.2, -0.15) is 0 Å². The van der Waals surface area contributed by atoms with Gasteiger partial charge in [-0.3, -0.25) is 10.1 Å². The van der Waals surface area contributed by atoms with E-state index in [9.17, 15) is 10.1 Å². The third kappa shape index (κ3) is 3.84. The zero-order valence-corrected chi connectivity index (χ0v) is 12.6. The first kappa shape index (κ1) is 15.8. The van der Waals surface area contributed by atoms with Gasteiger partial charge in [0.15, 0.2) is 6.29 Å². The highest BCUT2D eigenvalue weighted by Crippen LogP contribution is 2.32. The fraction of sp³-hybridized carbons (Fsp3) is 0.692. The second-order valence-electron chi connectivity index (χ2n) is 5.14. The molecule has 23 heavy (non-hydrogen) atoms. The number of nitrogens with one attached hydrogen (secondary N) is 1. The van der Waals surface area contributed by atoms with Crippen LogP contribution in [0.1, 0.15) is 6.42 Å². The number of anilines is 2. The molecule has 0 spiro atoms. The molecular weight excluding hydrogens is 306 g/mol. The summed E-state index contributed by atoms with van der Waals surface area (Å²) in [4.78, 5) is 21.0. The van der Waals surface area contributed by atoms with Gasteiger partial charge in [-0.1, -0.05) is 0 Å². The zero-order valence-electron chi connectivity index (χ0n) is 12.6. The van der Waals surface area contributed by atoms with Gasteiger partial charge in [0.05, 0.1) is 31.4 Å². The monoisotopic (exact) mass is 325 g/mol. The summed E-state index contributed by atoms with van der Waals surface area (Å²) in [5, 5.41) is 14.5. The molecule has 10 nitrogen and oxygen atoms in total. The van der Waals surface area contributed by atoms with Gasteiger partial charge >= 0.3 is 5.69 Å². The van der Waals surface area contributed by atoms with Crippen LogP contribution < -0.4 is 10.2 Å². The summed E-state index contributed by atoms with van der Waals surface area (Å²) in [6.07, 6.45) is 1.67. The quantitative estimate of drug-likeness (QED) is 0.586. The molecule has 10 heteroatoms. The van der Waals surface area contributed by atoms with E-state index in [1.54, 1.807) is 0 Å². The lowest BCUT2D eigenvalue weighted by atomic mass is 10.3. The molecular formula is C13H19N5O5. The minimum atomic E-state index is -0.449. The van der Waals surface area contributed by atoms with Crippen molar-refractivity contribution in [3.8, 4) is 0 Å². The maximum absolute atomic E-state index is 11.5. The van der Waals surface area contributed by atoms with Crippen molar-refractivity contribution in [3.05, 3.63) is 16.4 Å². The van der Waals surface area contributed by atoms with Gasteiger partial charge < -0.3 is 24.4 Å². The summed E-state index contributed by atoms with van der Waals surface area (Å²) in [5.74, 6) is 0.536. The Morgan fingerprint density at radius 1 is 1.26 bits per heavy atom. The van der Waals surface area contributed by atoms with Gasteiger partial charge in [-0.15, -0.1) is 0 Å². The third-order valence-electron chi connectivity index (χ3n) is 3.66. The summed E-state index contributed by atoms with van der Waals surface area (Å²) >= 11 is 0. The molecule has 2 saturated heterocycles. The molecule has 0 amide bonds. The zero-order chi connectivity index (χ0) is 16.1. The first-order valence-corrected chi connectivity index (χ1v) is 7.55. The molecule has 0 aromatic carbocycles. The molecule has 2 fully saturated rings. The van der Waals surface area contributed by atoms with Crippen molar-refractivity contribution in [1.82, 2.24) is 9.97 Å². The summed E-state index contributed by atoms with van der Waals surface area (Å²) in [6, 6.07) is 0. The number of nitro groups is 1. The Hall–Kier alpha value is -2.04. The lowest BCUT2D eigenvalue weighted by Gasteiger charge is -2.27. The van der Waals surface area contributed by atoms with E-state index in [1.807, 2.05) is 4.90 Å². The van der Waals surface area contributed by atoms with Gasteiger partial charge in [0.1, 0.15) is 6.33 Å². The van der Waals surface area contributed by atoms with Gasteiger partial charge in [0, 0.05) is 26.1 Å². The third-order valence-corrected chi connectivity index (χ3v) is 3.66. The molecule has 1 N–H and O–H groups in total. The van der Waals surface area contributed by atoms with E-state index in [0.717, 1.165) is 0 Å². The van der Waals surface area contributed by atoms with Gasteiger partial charge in [-0.05, 0) is 0 Å². The molecule has 3 rings (SSSR count). The van der Waals surface area contributed by atoms with Crippen molar-refractivity contribution in [1.29, 1.82) is 0 Å². The Kier molecular flexibility index (Phi) is 5.16. The molecule has 1 aromatic heterocycles. The fourth-order valence-electron chi connectivity index (χ4n) is 2.56. The minimum absolute atomic E-state index is 0.109. The van der Waals surface area contributed by atoms with E-state index in [2.05, 4.69) is 15.3 Å². The predicted molar refractivity (Wildman–Crippen MR) is 80.5 cm³/mol.